The van der Waals surface area contributed by atoms with Crippen LogP contribution in [0.1, 0.15) is 17.3 Å². The van der Waals surface area contributed by atoms with Gasteiger partial charge in [0.25, 0.3) is 0 Å². The maximum atomic E-state index is 12.4. The fourth-order valence-corrected chi connectivity index (χ4v) is 2.44. The molecule has 0 spiro atoms. The lowest BCUT2D eigenvalue weighted by Gasteiger charge is -2.03. The van der Waals surface area contributed by atoms with E-state index >= 15 is 0 Å². The maximum absolute atomic E-state index is 12.4. The van der Waals surface area contributed by atoms with Gasteiger partial charge in [-0.1, -0.05) is 18.2 Å². The Morgan fingerprint density at radius 2 is 1.73 bits per heavy atom. The Bertz CT molecular complexity index is 794. The minimum absolute atomic E-state index is 0.0864. The quantitative estimate of drug-likeness (QED) is 0.533. The Morgan fingerprint density at radius 3 is 2.45 bits per heavy atom. The first-order chi connectivity index (χ1) is 10.8. The van der Waals surface area contributed by atoms with Gasteiger partial charge in [-0.05, 0) is 42.6 Å². The molecule has 0 aliphatic carbocycles. The molecule has 3 rings (SSSR count). The SMILES string of the molecule is CCOc1ccc(C(=O)C[n+]2ccc3ccccc3c2)cc1. The van der Waals surface area contributed by atoms with Gasteiger partial charge < -0.3 is 4.74 Å². The predicted molar refractivity (Wildman–Crippen MR) is 86.1 cm³/mol. The summed E-state index contributed by atoms with van der Waals surface area (Å²) in [6, 6.07) is 17.5. The molecule has 1 aromatic heterocycles. The van der Waals surface area contributed by atoms with Crippen LogP contribution < -0.4 is 9.30 Å². The lowest BCUT2D eigenvalue weighted by molar-refractivity contribution is -0.681. The highest BCUT2D eigenvalue weighted by molar-refractivity contribution is 5.95. The minimum atomic E-state index is 0.0864. The Labute approximate surface area is 129 Å². The number of nitrogens with zero attached hydrogens (tertiary/aromatic N) is 1. The van der Waals surface area contributed by atoms with E-state index < -0.39 is 0 Å². The van der Waals surface area contributed by atoms with Crippen molar-refractivity contribution < 1.29 is 14.1 Å². The van der Waals surface area contributed by atoms with E-state index in [0.29, 0.717) is 18.7 Å². The van der Waals surface area contributed by atoms with Crippen molar-refractivity contribution >= 4 is 16.6 Å². The normalized spacial score (nSPS) is 10.6. The van der Waals surface area contributed by atoms with Gasteiger partial charge in [-0.2, -0.15) is 4.57 Å². The van der Waals surface area contributed by atoms with Crippen LogP contribution in [0.25, 0.3) is 10.8 Å². The van der Waals surface area contributed by atoms with Crippen molar-refractivity contribution in [3.05, 3.63) is 72.6 Å². The van der Waals surface area contributed by atoms with Crippen molar-refractivity contribution in [2.45, 2.75) is 13.5 Å². The summed E-state index contributed by atoms with van der Waals surface area (Å²) in [6.45, 7) is 2.90. The van der Waals surface area contributed by atoms with Crippen molar-refractivity contribution in [3.63, 3.8) is 0 Å². The number of carbonyl (C=O) groups excluding carboxylic acids is 1. The smallest absolute Gasteiger partial charge is 0.227 e. The highest BCUT2D eigenvalue weighted by Crippen LogP contribution is 2.13. The highest BCUT2D eigenvalue weighted by atomic mass is 16.5. The van der Waals surface area contributed by atoms with Crippen LogP contribution in [0.4, 0.5) is 0 Å². The molecular weight excluding hydrogens is 274 g/mol. The number of aromatic nitrogens is 1. The Balaban J connectivity index is 1.77. The van der Waals surface area contributed by atoms with E-state index in [-0.39, 0.29) is 5.78 Å². The van der Waals surface area contributed by atoms with E-state index in [0.717, 1.165) is 11.1 Å². The van der Waals surface area contributed by atoms with Gasteiger partial charge in [0.1, 0.15) is 5.75 Å². The molecule has 0 atom stereocenters. The monoisotopic (exact) mass is 292 g/mol. The van der Waals surface area contributed by atoms with Gasteiger partial charge >= 0.3 is 0 Å². The van der Waals surface area contributed by atoms with Gasteiger partial charge in [0.2, 0.25) is 12.3 Å². The van der Waals surface area contributed by atoms with Crippen LogP contribution in [-0.2, 0) is 6.54 Å². The van der Waals surface area contributed by atoms with E-state index in [2.05, 4.69) is 6.07 Å². The third-order valence-electron chi connectivity index (χ3n) is 3.56. The molecule has 0 bridgehead atoms. The molecule has 3 heteroatoms. The summed E-state index contributed by atoms with van der Waals surface area (Å²) in [5.74, 6) is 0.876. The molecule has 0 fully saturated rings. The minimum Gasteiger partial charge on any atom is -0.494 e. The van der Waals surface area contributed by atoms with Crippen molar-refractivity contribution in [1.82, 2.24) is 0 Å². The van der Waals surface area contributed by atoms with Crippen LogP contribution in [0.5, 0.6) is 5.75 Å². The second-order valence-electron chi connectivity index (χ2n) is 5.13. The predicted octanol–water partition coefficient (Wildman–Crippen LogP) is 3.41. The molecule has 0 aliphatic rings. The van der Waals surface area contributed by atoms with Gasteiger partial charge in [-0.3, -0.25) is 4.79 Å². The number of carbonyl (C=O) groups is 1. The molecule has 22 heavy (non-hydrogen) atoms. The van der Waals surface area contributed by atoms with Crippen LogP contribution in [0, 0.1) is 0 Å². The number of Topliss-reactive ketones (excluding diaryl/α,β-unsaturated/α-hetero) is 1. The van der Waals surface area contributed by atoms with Gasteiger partial charge in [-0.25, -0.2) is 0 Å². The number of rotatable bonds is 5. The zero-order valence-corrected chi connectivity index (χ0v) is 12.5. The standard InChI is InChI=1S/C19H18NO2/c1-2-22-18-9-7-16(8-10-18)19(21)14-20-12-11-15-5-3-4-6-17(15)13-20/h3-13H,2,14H2,1H3/q+1. The summed E-state index contributed by atoms with van der Waals surface area (Å²) in [5, 5.41) is 2.30. The molecule has 0 N–H and O–H groups in total. The van der Waals surface area contributed by atoms with Crippen LogP contribution in [-0.4, -0.2) is 12.4 Å². The molecule has 0 unspecified atom stereocenters. The molecule has 0 saturated heterocycles. The van der Waals surface area contributed by atoms with E-state index in [4.69, 9.17) is 4.74 Å². The lowest BCUT2D eigenvalue weighted by atomic mass is 10.1. The van der Waals surface area contributed by atoms with Crippen LogP contribution in [0.2, 0.25) is 0 Å². The highest BCUT2D eigenvalue weighted by Gasteiger charge is 2.12. The molecule has 3 aromatic rings. The molecule has 1 heterocycles. The molecule has 110 valence electrons. The molecule has 3 nitrogen and oxygen atoms in total. The maximum Gasteiger partial charge on any atom is 0.227 e. The largest absolute Gasteiger partial charge is 0.494 e. The molecular formula is C19H18NO2+. The average molecular weight is 292 g/mol. The zero-order valence-electron chi connectivity index (χ0n) is 12.5. The summed E-state index contributed by atoms with van der Waals surface area (Å²) in [7, 11) is 0. The fourth-order valence-electron chi connectivity index (χ4n) is 2.44. The second-order valence-corrected chi connectivity index (χ2v) is 5.13. The number of ketones is 1. The molecule has 2 aromatic carbocycles. The van der Waals surface area contributed by atoms with Crippen molar-refractivity contribution in [1.29, 1.82) is 0 Å². The van der Waals surface area contributed by atoms with Crippen LogP contribution in [0.3, 0.4) is 0 Å². The van der Waals surface area contributed by atoms with E-state index in [1.54, 1.807) is 0 Å². The molecule has 0 amide bonds. The van der Waals surface area contributed by atoms with E-state index in [1.807, 2.05) is 72.4 Å². The van der Waals surface area contributed by atoms with Crippen molar-refractivity contribution in [2.24, 2.45) is 0 Å². The lowest BCUT2D eigenvalue weighted by Crippen LogP contribution is -2.37. The van der Waals surface area contributed by atoms with Gasteiger partial charge in [0.05, 0.1) is 6.61 Å². The Kier molecular flexibility index (Phi) is 4.15. The summed E-state index contributed by atoms with van der Waals surface area (Å²) in [4.78, 5) is 12.4. The summed E-state index contributed by atoms with van der Waals surface area (Å²) in [6.07, 6.45) is 3.94. The van der Waals surface area contributed by atoms with Gasteiger partial charge in [0.15, 0.2) is 12.4 Å². The number of benzene rings is 2. The van der Waals surface area contributed by atoms with Gasteiger partial charge in [-0.15, -0.1) is 0 Å². The topological polar surface area (TPSA) is 30.2 Å². The van der Waals surface area contributed by atoms with Crippen LogP contribution >= 0.6 is 0 Å². The third-order valence-corrected chi connectivity index (χ3v) is 3.56. The van der Waals surface area contributed by atoms with E-state index in [9.17, 15) is 4.79 Å². The Morgan fingerprint density at radius 1 is 1.00 bits per heavy atom. The second kappa shape index (κ2) is 6.39. The van der Waals surface area contributed by atoms with Crippen molar-refractivity contribution in [3.8, 4) is 5.75 Å². The Hall–Kier alpha value is -2.68. The van der Waals surface area contributed by atoms with Crippen molar-refractivity contribution in [2.75, 3.05) is 6.61 Å². The zero-order chi connectivity index (χ0) is 15.4. The summed E-state index contributed by atoms with van der Waals surface area (Å²) < 4.78 is 7.31. The summed E-state index contributed by atoms with van der Waals surface area (Å²) in [5.41, 5.74) is 0.698. The summed E-state index contributed by atoms with van der Waals surface area (Å²) >= 11 is 0. The number of ether oxygens (including phenoxy) is 1. The third kappa shape index (κ3) is 3.14. The number of hydrogen-bond donors (Lipinski definition) is 0. The van der Waals surface area contributed by atoms with Crippen LogP contribution in [0.15, 0.2) is 67.0 Å². The number of pyridine rings is 1. The fraction of sp³-hybridized carbons (Fsp3) is 0.158. The first-order valence-electron chi connectivity index (χ1n) is 7.40. The average Bonchev–Trinajstić information content (AvgIpc) is 2.56. The van der Waals surface area contributed by atoms with E-state index in [1.165, 1.54) is 5.39 Å². The van der Waals surface area contributed by atoms with Gasteiger partial charge in [0, 0.05) is 17.0 Å². The number of hydrogen-bond acceptors (Lipinski definition) is 2. The number of fused-ring (bicyclic) bond motifs is 1. The molecule has 0 radical (unpaired) electrons. The first-order valence-corrected chi connectivity index (χ1v) is 7.40. The molecule has 0 saturated carbocycles. The first kappa shape index (κ1) is 14.3. The molecule has 0 aliphatic heterocycles.